The van der Waals surface area contributed by atoms with E-state index in [9.17, 15) is 4.79 Å². The van der Waals surface area contributed by atoms with Crippen molar-refractivity contribution in [2.75, 3.05) is 0 Å². The van der Waals surface area contributed by atoms with Crippen molar-refractivity contribution in [1.29, 1.82) is 5.26 Å². The quantitative estimate of drug-likeness (QED) is 0.627. The Morgan fingerprint density at radius 3 is 3.10 bits per heavy atom. The Bertz CT molecular complexity index is 295. The van der Waals surface area contributed by atoms with Gasteiger partial charge in [-0.2, -0.15) is 9.64 Å². The van der Waals surface area contributed by atoms with Crippen molar-refractivity contribution in [2.45, 2.75) is 12.8 Å². The van der Waals surface area contributed by atoms with Crippen LogP contribution >= 0.6 is 11.5 Å². The third-order valence-electron chi connectivity index (χ3n) is 0.874. The average molecular weight is 156 g/mol. The zero-order chi connectivity index (χ0) is 7.40. The number of nitrogens with zero attached hydrogens (tertiary/aromatic N) is 2. The van der Waals surface area contributed by atoms with Gasteiger partial charge in [0.05, 0.1) is 6.07 Å². The molecule has 0 saturated heterocycles. The van der Waals surface area contributed by atoms with E-state index in [2.05, 4.69) is 8.79 Å². The Balaban J connectivity index is 2.61. The SMILES string of the molecule is N#CCCc1nsc(=O)o1. The topological polar surface area (TPSA) is 66.9 Å². The van der Waals surface area contributed by atoms with E-state index < -0.39 is 4.94 Å². The van der Waals surface area contributed by atoms with Gasteiger partial charge in [0.2, 0.25) is 5.89 Å². The van der Waals surface area contributed by atoms with E-state index in [0.717, 1.165) is 11.5 Å². The Morgan fingerprint density at radius 2 is 2.60 bits per heavy atom. The van der Waals surface area contributed by atoms with E-state index in [4.69, 9.17) is 5.26 Å². The molecule has 0 saturated carbocycles. The Labute approximate surface area is 60.9 Å². The molecule has 0 unspecified atom stereocenters. The predicted molar refractivity (Wildman–Crippen MR) is 34.6 cm³/mol. The first-order valence-electron chi connectivity index (χ1n) is 2.65. The molecule has 0 atom stereocenters. The second-order valence-electron chi connectivity index (χ2n) is 1.59. The summed E-state index contributed by atoms with van der Waals surface area (Å²) >= 11 is 0.773. The molecule has 0 aliphatic heterocycles. The van der Waals surface area contributed by atoms with Crippen LogP contribution in [-0.4, -0.2) is 4.37 Å². The highest BCUT2D eigenvalue weighted by Crippen LogP contribution is 1.96. The van der Waals surface area contributed by atoms with Crippen LogP contribution in [0.5, 0.6) is 0 Å². The fourth-order valence-electron chi connectivity index (χ4n) is 0.481. The molecule has 0 bridgehead atoms. The van der Waals surface area contributed by atoms with Gasteiger partial charge >= 0.3 is 4.94 Å². The molecule has 0 spiro atoms. The van der Waals surface area contributed by atoms with Gasteiger partial charge in [0.15, 0.2) is 0 Å². The predicted octanol–water partition coefficient (Wildman–Crippen LogP) is 0.552. The van der Waals surface area contributed by atoms with Crippen LogP contribution in [0.25, 0.3) is 0 Å². The first kappa shape index (κ1) is 6.96. The summed E-state index contributed by atoms with van der Waals surface area (Å²) in [7, 11) is 0. The molecular weight excluding hydrogens is 152 g/mol. The Hall–Kier alpha value is -1.15. The van der Waals surface area contributed by atoms with Gasteiger partial charge in [0, 0.05) is 24.4 Å². The fraction of sp³-hybridized carbons (Fsp3) is 0.400. The van der Waals surface area contributed by atoms with E-state index in [1.807, 2.05) is 6.07 Å². The summed E-state index contributed by atoms with van der Waals surface area (Å²) < 4.78 is 8.25. The van der Waals surface area contributed by atoms with Gasteiger partial charge in [-0.05, 0) is 0 Å². The molecule has 1 aromatic heterocycles. The zero-order valence-electron chi connectivity index (χ0n) is 5.03. The van der Waals surface area contributed by atoms with Crippen LogP contribution in [0.2, 0.25) is 0 Å². The van der Waals surface area contributed by atoms with Gasteiger partial charge in [0.1, 0.15) is 0 Å². The highest BCUT2D eigenvalue weighted by Gasteiger charge is 1.99. The molecule has 0 fully saturated rings. The molecule has 52 valence electrons. The summed E-state index contributed by atoms with van der Waals surface area (Å²) in [5.41, 5.74) is 0. The average Bonchev–Trinajstić information content (AvgIpc) is 2.31. The van der Waals surface area contributed by atoms with Crippen molar-refractivity contribution < 1.29 is 4.42 Å². The van der Waals surface area contributed by atoms with E-state index in [0.29, 0.717) is 18.7 Å². The number of aryl methyl sites for hydroxylation is 1. The molecule has 10 heavy (non-hydrogen) atoms. The summed E-state index contributed by atoms with van der Waals surface area (Å²) in [5.74, 6) is 0.358. The van der Waals surface area contributed by atoms with Crippen LogP contribution in [0.4, 0.5) is 0 Å². The number of hydrogen-bond donors (Lipinski definition) is 0. The minimum atomic E-state index is -0.409. The minimum absolute atomic E-state index is 0.340. The first-order chi connectivity index (χ1) is 4.83. The van der Waals surface area contributed by atoms with Crippen molar-refractivity contribution in [3.63, 3.8) is 0 Å². The van der Waals surface area contributed by atoms with Crippen molar-refractivity contribution in [1.82, 2.24) is 4.37 Å². The highest BCUT2D eigenvalue weighted by atomic mass is 32.1. The summed E-state index contributed by atoms with van der Waals surface area (Å²) in [5, 5.41) is 8.14. The second kappa shape index (κ2) is 3.13. The van der Waals surface area contributed by atoms with E-state index in [1.54, 1.807) is 0 Å². The number of rotatable bonds is 2. The molecule has 1 rings (SSSR count). The van der Waals surface area contributed by atoms with Gasteiger partial charge in [-0.3, -0.25) is 0 Å². The molecule has 0 N–H and O–H groups in total. The molecule has 0 radical (unpaired) electrons. The highest BCUT2D eigenvalue weighted by molar-refractivity contribution is 7.02. The van der Waals surface area contributed by atoms with Crippen LogP contribution in [-0.2, 0) is 6.42 Å². The van der Waals surface area contributed by atoms with Crippen molar-refractivity contribution in [3.8, 4) is 6.07 Å². The lowest BCUT2D eigenvalue weighted by Crippen LogP contribution is -1.85. The number of nitriles is 1. The van der Waals surface area contributed by atoms with E-state index in [-0.39, 0.29) is 0 Å². The van der Waals surface area contributed by atoms with Gasteiger partial charge in [-0.25, -0.2) is 4.79 Å². The van der Waals surface area contributed by atoms with Crippen molar-refractivity contribution in [2.24, 2.45) is 0 Å². The third kappa shape index (κ3) is 1.67. The number of aromatic nitrogens is 1. The minimum Gasteiger partial charge on any atom is -0.399 e. The standard InChI is InChI=1S/C5H4N2O2S/c6-3-1-2-4-7-10-5(8)9-4/h1-2H2. The second-order valence-corrected chi connectivity index (χ2v) is 2.28. The smallest absolute Gasteiger partial charge is 0.399 e. The molecule has 0 aliphatic carbocycles. The molecule has 5 heteroatoms. The molecule has 0 aromatic carbocycles. The molecular formula is C5H4N2O2S. The summed E-state index contributed by atoms with van der Waals surface area (Å²) in [6, 6.07) is 1.93. The van der Waals surface area contributed by atoms with Crippen LogP contribution < -0.4 is 4.94 Å². The largest absolute Gasteiger partial charge is 0.414 e. The monoisotopic (exact) mass is 156 g/mol. The molecule has 0 aliphatic rings. The Kier molecular flexibility index (Phi) is 2.18. The lowest BCUT2D eigenvalue weighted by Gasteiger charge is -1.80. The maximum Gasteiger partial charge on any atom is 0.414 e. The summed E-state index contributed by atoms with van der Waals surface area (Å²) in [6.45, 7) is 0. The molecule has 4 nitrogen and oxygen atoms in total. The van der Waals surface area contributed by atoms with Gasteiger partial charge < -0.3 is 4.42 Å². The van der Waals surface area contributed by atoms with Crippen LogP contribution in [0, 0.1) is 11.3 Å². The molecule has 1 aromatic rings. The van der Waals surface area contributed by atoms with Crippen LogP contribution in [0.1, 0.15) is 12.3 Å². The van der Waals surface area contributed by atoms with Crippen molar-refractivity contribution in [3.05, 3.63) is 15.6 Å². The molecule has 0 amide bonds. The third-order valence-corrected chi connectivity index (χ3v) is 1.40. The van der Waals surface area contributed by atoms with Gasteiger partial charge in [-0.1, -0.05) is 0 Å². The fourth-order valence-corrected chi connectivity index (χ4v) is 0.920. The number of hydrogen-bond acceptors (Lipinski definition) is 5. The Morgan fingerprint density at radius 1 is 1.80 bits per heavy atom. The zero-order valence-corrected chi connectivity index (χ0v) is 5.85. The maximum absolute atomic E-state index is 10.4. The van der Waals surface area contributed by atoms with Crippen LogP contribution in [0.15, 0.2) is 9.21 Å². The lowest BCUT2D eigenvalue weighted by molar-refractivity contribution is 0.469. The van der Waals surface area contributed by atoms with Crippen molar-refractivity contribution >= 4 is 11.5 Å². The van der Waals surface area contributed by atoms with E-state index >= 15 is 0 Å². The van der Waals surface area contributed by atoms with Gasteiger partial charge in [0.25, 0.3) is 0 Å². The van der Waals surface area contributed by atoms with E-state index in [1.165, 1.54) is 0 Å². The lowest BCUT2D eigenvalue weighted by atomic mass is 10.3. The molecule has 1 heterocycles. The maximum atomic E-state index is 10.4. The van der Waals surface area contributed by atoms with Crippen LogP contribution in [0.3, 0.4) is 0 Å². The first-order valence-corrected chi connectivity index (χ1v) is 3.43. The summed E-state index contributed by atoms with van der Waals surface area (Å²) in [4.78, 5) is 9.95. The normalized spacial score (nSPS) is 9.10. The summed E-state index contributed by atoms with van der Waals surface area (Å²) in [6.07, 6.45) is 0.766. The van der Waals surface area contributed by atoms with Gasteiger partial charge in [-0.15, -0.1) is 0 Å².